The van der Waals surface area contributed by atoms with E-state index in [1.54, 1.807) is 11.8 Å². The maximum absolute atomic E-state index is 12.0. The summed E-state index contributed by atoms with van der Waals surface area (Å²) < 4.78 is 5.22. The molecule has 5 nitrogen and oxygen atoms in total. The quantitative estimate of drug-likeness (QED) is 0.781. The van der Waals surface area contributed by atoms with Gasteiger partial charge in [0.25, 0.3) is 0 Å². The summed E-state index contributed by atoms with van der Waals surface area (Å²) in [5.74, 6) is 1.53. The van der Waals surface area contributed by atoms with Gasteiger partial charge < -0.3 is 9.64 Å². The predicted molar refractivity (Wildman–Crippen MR) is 84.4 cm³/mol. The number of nitrogens with zero attached hydrogens (tertiary/aromatic N) is 2. The van der Waals surface area contributed by atoms with Gasteiger partial charge in [0.15, 0.2) is 0 Å². The zero-order valence-electron chi connectivity index (χ0n) is 13.2. The third-order valence-electron chi connectivity index (χ3n) is 4.45. The Labute approximate surface area is 131 Å². The van der Waals surface area contributed by atoms with Gasteiger partial charge in [-0.1, -0.05) is 13.8 Å². The van der Waals surface area contributed by atoms with Crippen LogP contribution in [0.4, 0.5) is 4.79 Å². The first-order chi connectivity index (χ1) is 10.0. The molecule has 21 heavy (non-hydrogen) atoms. The van der Waals surface area contributed by atoms with Crippen molar-refractivity contribution >= 4 is 23.8 Å². The summed E-state index contributed by atoms with van der Waals surface area (Å²) in [6, 6.07) is 0.401. The molecule has 0 aromatic rings. The van der Waals surface area contributed by atoms with E-state index in [-0.39, 0.29) is 24.1 Å². The second-order valence-corrected chi connectivity index (χ2v) is 7.14. The molecule has 0 bridgehead atoms. The number of carbonyl (C=O) groups is 2. The van der Waals surface area contributed by atoms with Crippen LogP contribution in [0.25, 0.3) is 0 Å². The fraction of sp³-hybridized carbons (Fsp3) is 0.867. The average Bonchev–Trinajstić information content (AvgIpc) is 2.87. The molecule has 2 rings (SSSR count). The van der Waals surface area contributed by atoms with Crippen LogP contribution in [0.5, 0.6) is 0 Å². The Hall–Kier alpha value is -0.910. The Morgan fingerprint density at radius 2 is 2.05 bits per heavy atom. The van der Waals surface area contributed by atoms with Crippen LogP contribution in [0.2, 0.25) is 0 Å². The minimum atomic E-state index is -0.180. The summed E-state index contributed by atoms with van der Waals surface area (Å²) in [6.07, 6.45) is 4.18. The first-order valence-electron chi connectivity index (χ1n) is 7.76. The lowest BCUT2D eigenvalue weighted by molar-refractivity contribution is -0.132. The monoisotopic (exact) mass is 314 g/mol. The second-order valence-electron chi connectivity index (χ2n) is 6.15. The smallest absolute Gasteiger partial charge is 0.410 e. The SMILES string of the molecule is CSCCC(=O)N1CCC(N2C(=O)OCC2C(C)C)CC1. The van der Waals surface area contributed by atoms with Crippen molar-refractivity contribution in [1.82, 2.24) is 9.80 Å². The lowest BCUT2D eigenvalue weighted by Gasteiger charge is -2.38. The number of hydrogen-bond acceptors (Lipinski definition) is 4. The maximum atomic E-state index is 12.0. The van der Waals surface area contributed by atoms with Crippen molar-refractivity contribution in [2.75, 3.05) is 31.7 Å². The molecule has 1 unspecified atom stereocenters. The summed E-state index contributed by atoms with van der Waals surface area (Å²) in [4.78, 5) is 27.9. The van der Waals surface area contributed by atoms with Gasteiger partial charge in [-0.3, -0.25) is 9.69 Å². The van der Waals surface area contributed by atoms with E-state index in [0.29, 0.717) is 18.9 Å². The number of thioether (sulfide) groups is 1. The Morgan fingerprint density at radius 1 is 1.38 bits per heavy atom. The number of amides is 2. The van der Waals surface area contributed by atoms with Crippen LogP contribution in [0.3, 0.4) is 0 Å². The highest BCUT2D eigenvalue weighted by atomic mass is 32.2. The Kier molecular flexibility index (Phi) is 5.79. The predicted octanol–water partition coefficient (Wildman–Crippen LogP) is 2.21. The van der Waals surface area contributed by atoms with Crippen LogP contribution < -0.4 is 0 Å². The van der Waals surface area contributed by atoms with E-state index in [1.807, 2.05) is 16.1 Å². The molecule has 0 aliphatic carbocycles. The molecule has 2 heterocycles. The molecule has 120 valence electrons. The van der Waals surface area contributed by atoms with Crippen molar-refractivity contribution in [3.05, 3.63) is 0 Å². The third kappa shape index (κ3) is 3.84. The van der Waals surface area contributed by atoms with Crippen molar-refractivity contribution in [2.24, 2.45) is 5.92 Å². The van der Waals surface area contributed by atoms with Crippen LogP contribution >= 0.6 is 11.8 Å². The number of carbonyl (C=O) groups excluding carboxylic acids is 2. The topological polar surface area (TPSA) is 49.9 Å². The van der Waals surface area contributed by atoms with Gasteiger partial charge in [-0.2, -0.15) is 11.8 Å². The van der Waals surface area contributed by atoms with Crippen molar-refractivity contribution in [2.45, 2.75) is 45.2 Å². The Bertz CT molecular complexity index is 381. The van der Waals surface area contributed by atoms with E-state index in [4.69, 9.17) is 4.74 Å². The fourth-order valence-electron chi connectivity index (χ4n) is 3.12. The highest BCUT2D eigenvalue weighted by Gasteiger charge is 2.40. The lowest BCUT2D eigenvalue weighted by atomic mass is 9.97. The number of piperidine rings is 1. The zero-order chi connectivity index (χ0) is 15.4. The van der Waals surface area contributed by atoms with Gasteiger partial charge in [-0.05, 0) is 25.0 Å². The van der Waals surface area contributed by atoms with E-state index in [0.717, 1.165) is 31.7 Å². The third-order valence-corrected chi connectivity index (χ3v) is 5.06. The van der Waals surface area contributed by atoms with Crippen molar-refractivity contribution in [3.8, 4) is 0 Å². The average molecular weight is 314 g/mol. The molecule has 6 heteroatoms. The molecule has 0 radical (unpaired) electrons. The number of rotatable bonds is 5. The van der Waals surface area contributed by atoms with Gasteiger partial charge in [-0.15, -0.1) is 0 Å². The van der Waals surface area contributed by atoms with Crippen molar-refractivity contribution in [3.63, 3.8) is 0 Å². The van der Waals surface area contributed by atoms with E-state index in [2.05, 4.69) is 13.8 Å². The molecule has 0 spiro atoms. The van der Waals surface area contributed by atoms with Crippen molar-refractivity contribution < 1.29 is 14.3 Å². The van der Waals surface area contributed by atoms with Gasteiger partial charge in [0, 0.05) is 31.3 Å². The van der Waals surface area contributed by atoms with Crippen LogP contribution in [-0.4, -0.2) is 65.6 Å². The normalized spacial score (nSPS) is 23.8. The summed E-state index contributed by atoms with van der Waals surface area (Å²) in [7, 11) is 0. The molecule has 0 N–H and O–H groups in total. The van der Waals surface area contributed by atoms with E-state index < -0.39 is 0 Å². The Morgan fingerprint density at radius 3 is 2.62 bits per heavy atom. The molecule has 2 aliphatic heterocycles. The number of cyclic esters (lactones) is 1. The standard InChI is InChI=1S/C15H26N2O3S/c1-11(2)13-10-20-15(19)17(13)12-4-7-16(8-5-12)14(18)6-9-21-3/h11-13H,4-10H2,1-3H3. The molecule has 0 aromatic heterocycles. The molecule has 2 amide bonds. The van der Waals surface area contributed by atoms with E-state index in [9.17, 15) is 9.59 Å². The maximum Gasteiger partial charge on any atom is 0.410 e. The first kappa shape index (κ1) is 16.5. The van der Waals surface area contributed by atoms with Gasteiger partial charge in [0.2, 0.25) is 5.91 Å². The lowest BCUT2D eigenvalue weighted by Crippen LogP contribution is -2.51. The summed E-state index contributed by atoms with van der Waals surface area (Å²) in [5.41, 5.74) is 0. The molecule has 0 aromatic carbocycles. The first-order valence-corrected chi connectivity index (χ1v) is 9.15. The number of likely N-dealkylation sites (tertiary alicyclic amines) is 1. The minimum absolute atomic E-state index is 0.180. The van der Waals surface area contributed by atoms with Crippen molar-refractivity contribution in [1.29, 1.82) is 0 Å². The Balaban J connectivity index is 1.88. The molecule has 2 aliphatic rings. The molecule has 2 fully saturated rings. The van der Waals surface area contributed by atoms with Crippen LogP contribution in [-0.2, 0) is 9.53 Å². The van der Waals surface area contributed by atoms with E-state index in [1.165, 1.54) is 0 Å². The van der Waals surface area contributed by atoms with Crippen LogP contribution in [0, 0.1) is 5.92 Å². The van der Waals surface area contributed by atoms with Gasteiger partial charge >= 0.3 is 6.09 Å². The zero-order valence-corrected chi connectivity index (χ0v) is 14.0. The number of ether oxygens (including phenoxy) is 1. The largest absolute Gasteiger partial charge is 0.447 e. The van der Waals surface area contributed by atoms with Gasteiger partial charge in [0.1, 0.15) is 6.61 Å². The second kappa shape index (κ2) is 7.38. The molecule has 1 atom stereocenters. The van der Waals surface area contributed by atoms with E-state index >= 15 is 0 Å². The molecular formula is C15H26N2O3S. The molecule has 2 saturated heterocycles. The van der Waals surface area contributed by atoms with Gasteiger partial charge in [-0.25, -0.2) is 4.79 Å². The summed E-state index contributed by atoms with van der Waals surface area (Å²) in [6.45, 7) is 6.27. The minimum Gasteiger partial charge on any atom is -0.447 e. The highest BCUT2D eigenvalue weighted by molar-refractivity contribution is 7.98. The highest BCUT2D eigenvalue weighted by Crippen LogP contribution is 2.27. The van der Waals surface area contributed by atoms with Crippen LogP contribution in [0.1, 0.15) is 33.1 Å². The molecular weight excluding hydrogens is 288 g/mol. The summed E-state index contributed by atoms with van der Waals surface area (Å²) in [5, 5.41) is 0. The summed E-state index contributed by atoms with van der Waals surface area (Å²) >= 11 is 1.70. The fourth-order valence-corrected chi connectivity index (χ4v) is 3.50. The molecule has 0 saturated carbocycles. The van der Waals surface area contributed by atoms with Gasteiger partial charge in [0.05, 0.1) is 6.04 Å². The van der Waals surface area contributed by atoms with Crippen LogP contribution in [0.15, 0.2) is 0 Å². The number of hydrogen-bond donors (Lipinski definition) is 0.